The van der Waals surface area contributed by atoms with Crippen molar-refractivity contribution >= 4 is 5.91 Å². The maximum Gasteiger partial charge on any atom is 0.349 e. The number of nitrogens with one attached hydrogen (secondary N) is 1. The number of carbonyl (C=O) groups is 1. The molecule has 0 aromatic heterocycles. The normalized spacial score (nSPS) is 16.9. The zero-order valence-electron chi connectivity index (χ0n) is 21.1. The lowest BCUT2D eigenvalue weighted by molar-refractivity contribution is -0.149. The molecule has 39 heavy (non-hydrogen) atoms. The molecule has 3 aromatic rings. The fourth-order valence-electron chi connectivity index (χ4n) is 4.73. The molecule has 2 atom stereocenters. The largest absolute Gasteiger partial charge is 0.486 e. The molecule has 1 fully saturated rings. The van der Waals surface area contributed by atoms with Crippen molar-refractivity contribution in [3.05, 3.63) is 83.7 Å². The fourth-order valence-corrected chi connectivity index (χ4v) is 4.73. The first-order chi connectivity index (χ1) is 18.8. The van der Waals surface area contributed by atoms with Gasteiger partial charge in [-0.15, -0.1) is 0 Å². The molecule has 5 rings (SSSR count). The highest BCUT2D eigenvalue weighted by Gasteiger charge is 2.43. The highest BCUT2D eigenvalue weighted by atomic mass is 19.3. The van der Waals surface area contributed by atoms with Gasteiger partial charge in [0.2, 0.25) is 0 Å². The zero-order valence-corrected chi connectivity index (χ0v) is 21.1. The Morgan fingerprint density at radius 2 is 1.69 bits per heavy atom. The molecular formula is C29H29F3N2O5. The third kappa shape index (κ3) is 6.29. The van der Waals surface area contributed by atoms with Crippen LogP contribution in [-0.2, 0) is 10.7 Å². The van der Waals surface area contributed by atoms with Crippen LogP contribution >= 0.6 is 0 Å². The SMILES string of the molecule is O=C(NC(CN1CCCC1)C(O)c1ccc2c(c1)OCCO2)C(F)(F)c1cccc(Oc2ccc(F)cc2)c1. The summed E-state index contributed by atoms with van der Waals surface area (Å²) in [6.07, 6.45) is 0.643. The Balaban J connectivity index is 1.34. The molecule has 3 aromatic carbocycles. The number of carbonyl (C=O) groups excluding carboxylic acids is 1. The van der Waals surface area contributed by atoms with Crippen LogP contribution in [0.25, 0.3) is 0 Å². The average Bonchev–Trinajstić information content (AvgIpc) is 3.46. The Labute approximate surface area is 224 Å². The molecular weight excluding hydrogens is 513 g/mol. The second-order valence-corrected chi connectivity index (χ2v) is 9.59. The van der Waals surface area contributed by atoms with E-state index in [-0.39, 0.29) is 18.0 Å². The number of ether oxygens (including phenoxy) is 3. The number of amides is 1. The molecule has 10 heteroatoms. The average molecular weight is 543 g/mol. The van der Waals surface area contributed by atoms with E-state index in [2.05, 4.69) is 5.32 Å². The molecule has 0 saturated carbocycles. The molecule has 1 saturated heterocycles. The molecule has 0 spiro atoms. The van der Waals surface area contributed by atoms with Crippen LogP contribution in [0.15, 0.2) is 66.7 Å². The highest BCUT2D eigenvalue weighted by Crippen LogP contribution is 2.35. The first-order valence-corrected chi connectivity index (χ1v) is 12.8. The fraction of sp³-hybridized carbons (Fsp3) is 0.345. The summed E-state index contributed by atoms with van der Waals surface area (Å²) in [6, 6.07) is 14.0. The third-order valence-corrected chi connectivity index (χ3v) is 6.79. The molecule has 2 unspecified atom stereocenters. The Morgan fingerprint density at radius 1 is 0.974 bits per heavy atom. The Kier molecular flexibility index (Phi) is 7.94. The first-order valence-electron chi connectivity index (χ1n) is 12.8. The van der Waals surface area contributed by atoms with Crippen molar-refractivity contribution in [3.8, 4) is 23.0 Å². The summed E-state index contributed by atoms with van der Waals surface area (Å²) in [5.74, 6) is -4.61. The van der Waals surface area contributed by atoms with E-state index >= 15 is 8.78 Å². The Morgan fingerprint density at radius 3 is 2.44 bits per heavy atom. The van der Waals surface area contributed by atoms with E-state index in [0.717, 1.165) is 38.1 Å². The lowest BCUT2D eigenvalue weighted by Crippen LogP contribution is -2.50. The van der Waals surface area contributed by atoms with Crippen molar-refractivity contribution in [2.75, 3.05) is 32.8 Å². The Bertz CT molecular complexity index is 1300. The molecule has 206 valence electrons. The van der Waals surface area contributed by atoms with Crippen LogP contribution in [0.5, 0.6) is 23.0 Å². The zero-order chi connectivity index (χ0) is 27.4. The van der Waals surface area contributed by atoms with Gasteiger partial charge in [-0.25, -0.2) is 4.39 Å². The molecule has 2 aliphatic heterocycles. The monoisotopic (exact) mass is 542 g/mol. The van der Waals surface area contributed by atoms with Gasteiger partial charge in [0.25, 0.3) is 5.91 Å². The topological polar surface area (TPSA) is 80.3 Å². The van der Waals surface area contributed by atoms with Gasteiger partial charge in [-0.2, -0.15) is 8.78 Å². The maximum atomic E-state index is 15.4. The highest BCUT2D eigenvalue weighted by molar-refractivity contribution is 5.85. The quantitative estimate of drug-likeness (QED) is 0.405. The number of fused-ring (bicyclic) bond motifs is 1. The van der Waals surface area contributed by atoms with E-state index in [0.29, 0.717) is 30.3 Å². The number of aliphatic hydroxyl groups excluding tert-OH is 1. The van der Waals surface area contributed by atoms with E-state index in [1.165, 1.54) is 36.4 Å². The number of nitrogens with zero attached hydrogens (tertiary/aromatic N) is 1. The van der Waals surface area contributed by atoms with E-state index in [9.17, 15) is 14.3 Å². The van der Waals surface area contributed by atoms with Crippen molar-refractivity contribution in [2.45, 2.75) is 30.9 Å². The van der Waals surface area contributed by atoms with Gasteiger partial charge >= 0.3 is 5.92 Å². The second-order valence-electron chi connectivity index (χ2n) is 9.59. The molecule has 2 aliphatic rings. The van der Waals surface area contributed by atoms with E-state index in [1.807, 2.05) is 4.90 Å². The minimum Gasteiger partial charge on any atom is -0.486 e. The number of benzene rings is 3. The van der Waals surface area contributed by atoms with E-state index < -0.39 is 35.4 Å². The van der Waals surface area contributed by atoms with Crippen LogP contribution in [0.3, 0.4) is 0 Å². The summed E-state index contributed by atoms with van der Waals surface area (Å²) in [5.41, 5.74) is -0.157. The maximum absolute atomic E-state index is 15.4. The number of alkyl halides is 2. The Hall–Kier alpha value is -3.76. The van der Waals surface area contributed by atoms with E-state index in [1.54, 1.807) is 18.2 Å². The molecule has 1 amide bonds. The summed E-state index contributed by atoms with van der Waals surface area (Å²) in [5, 5.41) is 13.6. The summed E-state index contributed by atoms with van der Waals surface area (Å²) < 4.78 is 60.7. The van der Waals surface area contributed by atoms with Gasteiger partial charge in [0, 0.05) is 12.1 Å². The van der Waals surface area contributed by atoms with Crippen LogP contribution < -0.4 is 19.5 Å². The minimum absolute atomic E-state index is 0.0662. The summed E-state index contributed by atoms with van der Waals surface area (Å²) in [4.78, 5) is 15.0. The second kappa shape index (κ2) is 11.5. The minimum atomic E-state index is -3.92. The molecule has 2 N–H and O–H groups in total. The van der Waals surface area contributed by atoms with Crippen molar-refractivity contribution in [1.82, 2.24) is 10.2 Å². The van der Waals surface area contributed by atoms with Crippen molar-refractivity contribution in [1.29, 1.82) is 0 Å². The predicted octanol–water partition coefficient (Wildman–Crippen LogP) is 4.80. The molecule has 2 heterocycles. The number of likely N-dealkylation sites (tertiary alicyclic amines) is 1. The van der Waals surface area contributed by atoms with Crippen molar-refractivity contribution < 1.29 is 37.3 Å². The lowest BCUT2D eigenvalue weighted by Gasteiger charge is -2.30. The predicted molar refractivity (Wildman–Crippen MR) is 137 cm³/mol. The molecule has 0 bridgehead atoms. The van der Waals surface area contributed by atoms with Gasteiger partial charge in [-0.3, -0.25) is 4.79 Å². The van der Waals surface area contributed by atoms with Gasteiger partial charge in [0.15, 0.2) is 11.5 Å². The van der Waals surface area contributed by atoms with Crippen molar-refractivity contribution in [2.24, 2.45) is 0 Å². The van der Waals surface area contributed by atoms with Crippen molar-refractivity contribution in [3.63, 3.8) is 0 Å². The number of halogens is 3. The number of hydrogen-bond donors (Lipinski definition) is 2. The van der Waals surface area contributed by atoms with Crippen LogP contribution in [0.4, 0.5) is 13.2 Å². The van der Waals surface area contributed by atoms with Gasteiger partial charge in [-0.1, -0.05) is 18.2 Å². The standard InChI is InChI=1S/C29H29F3N2O5/c30-21-7-9-22(10-8-21)39-23-5-3-4-20(17-23)29(31,32)28(36)33-24(18-34-12-1-2-13-34)27(35)19-6-11-25-26(16-19)38-15-14-37-25/h3-11,16-17,24,27,35H,1-2,12-15,18H2,(H,33,36). The molecule has 0 aliphatic carbocycles. The lowest BCUT2D eigenvalue weighted by atomic mass is 9.99. The van der Waals surface area contributed by atoms with Crippen LogP contribution in [-0.4, -0.2) is 54.8 Å². The van der Waals surface area contributed by atoms with Crippen LogP contribution in [0, 0.1) is 5.82 Å². The van der Waals surface area contributed by atoms with Gasteiger partial charge in [-0.05, 0) is 80.0 Å². The summed E-state index contributed by atoms with van der Waals surface area (Å²) in [6.45, 7) is 2.47. The van der Waals surface area contributed by atoms with Gasteiger partial charge in [0.1, 0.15) is 36.6 Å². The molecule has 7 nitrogen and oxygen atoms in total. The third-order valence-electron chi connectivity index (χ3n) is 6.79. The van der Waals surface area contributed by atoms with Crippen LogP contribution in [0.1, 0.15) is 30.1 Å². The summed E-state index contributed by atoms with van der Waals surface area (Å²) >= 11 is 0. The van der Waals surface area contributed by atoms with Crippen LogP contribution in [0.2, 0.25) is 0 Å². The number of rotatable bonds is 9. The first kappa shape index (κ1) is 26.8. The smallest absolute Gasteiger partial charge is 0.349 e. The van der Waals surface area contributed by atoms with E-state index in [4.69, 9.17) is 14.2 Å². The number of hydrogen-bond acceptors (Lipinski definition) is 6. The summed E-state index contributed by atoms with van der Waals surface area (Å²) in [7, 11) is 0. The molecule has 0 radical (unpaired) electrons. The number of aliphatic hydroxyl groups is 1. The van der Waals surface area contributed by atoms with Gasteiger partial charge < -0.3 is 29.5 Å². The van der Waals surface area contributed by atoms with Gasteiger partial charge in [0.05, 0.1) is 6.04 Å².